The maximum atomic E-state index is 12.8. The number of amides is 1. The van der Waals surface area contributed by atoms with E-state index >= 15 is 0 Å². The lowest BCUT2D eigenvalue weighted by molar-refractivity contribution is -0.126. The van der Waals surface area contributed by atoms with E-state index in [9.17, 15) is 4.79 Å². The molecule has 0 radical (unpaired) electrons. The second-order valence-electron chi connectivity index (χ2n) is 7.75. The Hall–Kier alpha value is -4.34. The smallest absolute Gasteiger partial charge is 0.246 e. The molecule has 3 aromatic rings. The summed E-state index contributed by atoms with van der Waals surface area (Å²) in [5, 5.41) is 11.8. The highest BCUT2D eigenvalue weighted by Crippen LogP contribution is 2.38. The van der Waals surface area contributed by atoms with Gasteiger partial charge in [0.05, 0.1) is 33.2 Å². The Morgan fingerprint density at radius 1 is 0.971 bits per heavy atom. The highest BCUT2D eigenvalue weighted by molar-refractivity contribution is 5.92. The van der Waals surface area contributed by atoms with Gasteiger partial charge in [0.15, 0.2) is 23.1 Å². The fourth-order valence-electron chi connectivity index (χ4n) is 3.77. The number of pyridine rings is 1. The number of carbonyl (C=O) groups excluding carboxylic acids is 1. The summed E-state index contributed by atoms with van der Waals surface area (Å²) in [5.41, 5.74) is 1.63. The van der Waals surface area contributed by atoms with E-state index in [1.807, 2.05) is 29.2 Å². The second kappa shape index (κ2) is 11.2. The normalized spacial score (nSPS) is 13.6. The first-order valence-corrected chi connectivity index (χ1v) is 11.1. The van der Waals surface area contributed by atoms with Crippen molar-refractivity contribution in [3.8, 4) is 17.2 Å². The van der Waals surface area contributed by atoms with Crippen LogP contribution in [-0.2, 0) is 4.79 Å². The van der Waals surface area contributed by atoms with Crippen LogP contribution in [0.2, 0.25) is 0 Å². The fourth-order valence-corrected chi connectivity index (χ4v) is 3.77. The molecule has 1 aromatic carbocycles. The minimum Gasteiger partial charge on any atom is -0.493 e. The molecule has 2 aromatic heterocycles. The van der Waals surface area contributed by atoms with Crippen molar-refractivity contribution in [1.29, 1.82) is 0 Å². The van der Waals surface area contributed by atoms with Crippen molar-refractivity contribution in [3.05, 3.63) is 60.4 Å². The molecule has 0 aliphatic carbocycles. The first kappa shape index (κ1) is 23.8. The van der Waals surface area contributed by atoms with Crippen molar-refractivity contribution in [2.24, 2.45) is 0 Å². The first-order chi connectivity index (χ1) is 17.1. The van der Waals surface area contributed by atoms with Gasteiger partial charge in [-0.25, -0.2) is 0 Å². The number of carbonyl (C=O) groups is 1. The maximum Gasteiger partial charge on any atom is 0.246 e. The third kappa shape index (κ3) is 5.78. The van der Waals surface area contributed by atoms with Crippen LogP contribution in [0.1, 0.15) is 5.56 Å². The van der Waals surface area contributed by atoms with E-state index in [-0.39, 0.29) is 5.91 Å². The highest BCUT2D eigenvalue weighted by Gasteiger charge is 2.21. The Bertz CT molecular complexity index is 1140. The Kier molecular flexibility index (Phi) is 7.61. The fraction of sp³-hybridized carbons (Fsp3) is 0.280. The molecule has 0 unspecified atom stereocenters. The zero-order chi connectivity index (χ0) is 24.6. The summed E-state index contributed by atoms with van der Waals surface area (Å²) in [7, 11) is 4.67. The lowest BCUT2D eigenvalue weighted by atomic mass is 10.1. The molecule has 0 atom stereocenters. The Labute approximate surface area is 204 Å². The van der Waals surface area contributed by atoms with Crippen LogP contribution >= 0.6 is 0 Å². The molecule has 0 bridgehead atoms. The quantitative estimate of drug-likeness (QED) is 0.492. The Balaban J connectivity index is 1.33. The van der Waals surface area contributed by atoms with E-state index in [4.69, 9.17) is 14.2 Å². The summed E-state index contributed by atoms with van der Waals surface area (Å²) in [6.45, 7) is 2.53. The average molecular weight is 477 g/mol. The van der Waals surface area contributed by atoms with Crippen molar-refractivity contribution in [2.75, 3.05) is 57.7 Å². The number of nitrogens with zero attached hydrogens (tertiary/aromatic N) is 5. The van der Waals surface area contributed by atoms with Gasteiger partial charge in [-0.1, -0.05) is 0 Å². The van der Waals surface area contributed by atoms with E-state index in [0.29, 0.717) is 49.2 Å². The third-order valence-electron chi connectivity index (χ3n) is 5.61. The molecule has 4 rings (SSSR count). The van der Waals surface area contributed by atoms with Crippen LogP contribution in [0.5, 0.6) is 17.2 Å². The number of hydrogen-bond donors (Lipinski definition) is 1. The summed E-state index contributed by atoms with van der Waals surface area (Å²) in [4.78, 5) is 20.8. The van der Waals surface area contributed by atoms with Gasteiger partial charge in [0.1, 0.15) is 0 Å². The van der Waals surface area contributed by atoms with Crippen molar-refractivity contribution < 1.29 is 19.0 Å². The average Bonchev–Trinajstić information content (AvgIpc) is 2.92. The van der Waals surface area contributed by atoms with E-state index in [1.54, 1.807) is 58.0 Å². The van der Waals surface area contributed by atoms with Crippen LogP contribution in [0.25, 0.3) is 6.08 Å². The van der Waals surface area contributed by atoms with Gasteiger partial charge in [-0.2, -0.15) is 0 Å². The number of nitrogens with one attached hydrogen (secondary N) is 1. The van der Waals surface area contributed by atoms with Crippen LogP contribution in [0.3, 0.4) is 0 Å². The van der Waals surface area contributed by atoms with Crippen molar-refractivity contribution >= 4 is 29.3 Å². The van der Waals surface area contributed by atoms with Gasteiger partial charge in [-0.05, 0) is 48.0 Å². The molecule has 1 fully saturated rings. The lowest BCUT2D eigenvalue weighted by Gasteiger charge is -2.34. The first-order valence-electron chi connectivity index (χ1n) is 11.1. The monoisotopic (exact) mass is 476 g/mol. The summed E-state index contributed by atoms with van der Waals surface area (Å²) < 4.78 is 16.1. The van der Waals surface area contributed by atoms with E-state index < -0.39 is 0 Å². The predicted octanol–water partition coefficient (Wildman–Crippen LogP) is 3.00. The second-order valence-corrected chi connectivity index (χ2v) is 7.75. The molecule has 1 N–H and O–H groups in total. The summed E-state index contributed by atoms with van der Waals surface area (Å²) in [5.74, 6) is 2.96. The maximum absolute atomic E-state index is 12.8. The van der Waals surface area contributed by atoms with Crippen LogP contribution in [-0.4, -0.2) is 73.5 Å². The standard InChI is InChI=1S/C25H28N6O4/c1-33-20-15-18(16-21(34-2)25(20)35-3)6-9-24(32)31-13-11-30(12-14-31)23-8-7-22(28-29-23)27-19-5-4-10-26-17-19/h4-10,15-17H,11-14H2,1-3H3,(H,27,28)/b9-6+. The predicted molar refractivity (Wildman–Crippen MR) is 133 cm³/mol. The minimum absolute atomic E-state index is 0.0551. The lowest BCUT2D eigenvalue weighted by Crippen LogP contribution is -2.48. The third-order valence-corrected chi connectivity index (χ3v) is 5.61. The van der Waals surface area contributed by atoms with E-state index in [2.05, 4.69) is 25.4 Å². The largest absolute Gasteiger partial charge is 0.493 e. The van der Waals surface area contributed by atoms with Crippen LogP contribution in [0.4, 0.5) is 17.3 Å². The summed E-state index contributed by atoms with van der Waals surface area (Å²) in [6, 6.07) is 11.2. The number of aromatic nitrogens is 3. The van der Waals surface area contributed by atoms with Crippen molar-refractivity contribution in [3.63, 3.8) is 0 Å². The number of ether oxygens (including phenoxy) is 3. The number of benzene rings is 1. The number of rotatable bonds is 8. The molecular formula is C25H28N6O4. The van der Waals surface area contributed by atoms with Gasteiger partial charge in [0.2, 0.25) is 11.7 Å². The zero-order valence-corrected chi connectivity index (χ0v) is 20.0. The zero-order valence-electron chi connectivity index (χ0n) is 20.0. The number of piperazine rings is 1. The highest BCUT2D eigenvalue weighted by atomic mass is 16.5. The SMILES string of the molecule is COc1cc(/C=C/C(=O)N2CCN(c3ccc(Nc4cccnc4)nn3)CC2)cc(OC)c1OC. The molecule has 1 saturated heterocycles. The molecule has 0 saturated carbocycles. The van der Waals surface area contributed by atoms with Crippen molar-refractivity contribution in [1.82, 2.24) is 20.1 Å². The molecule has 1 aliphatic heterocycles. The molecule has 10 heteroatoms. The van der Waals surface area contributed by atoms with Crippen LogP contribution in [0.15, 0.2) is 54.9 Å². The topological polar surface area (TPSA) is 102 Å². The van der Waals surface area contributed by atoms with E-state index in [1.165, 1.54) is 0 Å². The van der Waals surface area contributed by atoms with Gasteiger partial charge < -0.3 is 29.3 Å². The molecule has 1 amide bonds. The van der Waals surface area contributed by atoms with Crippen LogP contribution in [0, 0.1) is 0 Å². The van der Waals surface area contributed by atoms with Gasteiger partial charge in [0, 0.05) is 38.5 Å². The summed E-state index contributed by atoms with van der Waals surface area (Å²) >= 11 is 0. The van der Waals surface area contributed by atoms with E-state index in [0.717, 1.165) is 17.1 Å². The van der Waals surface area contributed by atoms with Gasteiger partial charge in [-0.3, -0.25) is 9.78 Å². The van der Waals surface area contributed by atoms with Gasteiger partial charge in [-0.15, -0.1) is 10.2 Å². The Morgan fingerprint density at radius 3 is 2.29 bits per heavy atom. The van der Waals surface area contributed by atoms with Crippen LogP contribution < -0.4 is 24.4 Å². The molecule has 0 spiro atoms. The van der Waals surface area contributed by atoms with Gasteiger partial charge in [0.25, 0.3) is 0 Å². The summed E-state index contributed by atoms with van der Waals surface area (Å²) in [6.07, 6.45) is 6.75. The molecular weight excluding hydrogens is 448 g/mol. The number of methoxy groups -OCH3 is 3. The van der Waals surface area contributed by atoms with Gasteiger partial charge >= 0.3 is 0 Å². The number of hydrogen-bond acceptors (Lipinski definition) is 9. The molecule has 10 nitrogen and oxygen atoms in total. The molecule has 35 heavy (non-hydrogen) atoms. The minimum atomic E-state index is -0.0551. The molecule has 3 heterocycles. The molecule has 182 valence electrons. The Morgan fingerprint density at radius 2 is 1.71 bits per heavy atom. The number of anilines is 3. The van der Waals surface area contributed by atoms with Crippen molar-refractivity contribution in [2.45, 2.75) is 0 Å². The molecule has 1 aliphatic rings.